The van der Waals surface area contributed by atoms with Crippen LogP contribution in [0.4, 0.5) is 0 Å². The Bertz CT molecular complexity index is 328. The number of ether oxygens (including phenoxy) is 2. The molecule has 1 radical (unpaired) electrons. The second-order valence-corrected chi connectivity index (χ2v) is 5.14. The van der Waals surface area contributed by atoms with Crippen molar-refractivity contribution in [3.63, 3.8) is 0 Å². The minimum atomic E-state index is 0.0745. The normalized spacial score (nSPS) is 29.5. The lowest BCUT2D eigenvalue weighted by Gasteiger charge is -2.33. The maximum atomic E-state index is 5.82. The molecule has 3 atom stereocenters. The van der Waals surface area contributed by atoms with Crippen LogP contribution < -0.4 is 0 Å². The summed E-state index contributed by atoms with van der Waals surface area (Å²) in [6.07, 6.45) is 15.3. The van der Waals surface area contributed by atoms with Crippen LogP contribution in [0.5, 0.6) is 0 Å². The minimum absolute atomic E-state index is 0.0745. The lowest BCUT2D eigenvalue weighted by atomic mass is 9.93. The lowest BCUT2D eigenvalue weighted by Crippen LogP contribution is -2.38. The van der Waals surface area contributed by atoms with E-state index in [1.165, 1.54) is 12.0 Å². The average molecular weight is 263 g/mol. The minimum Gasteiger partial charge on any atom is -0.381 e. The summed E-state index contributed by atoms with van der Waals surface area (Å²) in [4.78, 5) is 0. The molecular weight excluding hydrogens is 236 g/mol. The first kappa shape index (κ1) is 16.2. The Morgan fingerprint density at radius 2 is 2.16 bits per heavy atom. The van der Waals surface area contributed by atoms with E-state index in [4.69, 9.17) is 9.47 Å². The van der Waals surface area contributed by atoms with Crippen LogP contribution in [-0.4, -0.2) is 25.9 Å². The zero-order valence-electron chi connectivity index (χ0n) is 12.6. The van der Waals surface area contributed by atoms with Gasteiger partial charge in [-0.15, -0.1) is 0 Å². The van der Waals surface area contributed by atoms with Crippen LogP contribution in [-0.2, 0) is 9.47 Å². The lowest BCUT2D eigenvalue weighted by molar-refractivity contribution is -0.0403. The zero-order valence-corrected chi connectivity index (χ0v) is 12.6. The van der Waals surface area contributed by atoms with Gasteiger partial charge in [0.05, 0.1) is 18.8 Å². The van der Waals surface area contributed by atoms with Crippen LogP contribution in [0.3, 0.4) is 0 Å². The summed E-state index contributed by atoms with van der Waals surface area (Å²) in [6, 6.07) is 0. The third-order valence-electron chi connectivity index (χ3n) is 3.36. The first-order valence-corrected chi connectivity index (χ1v) is 7.18. The van der Waals surface area contributed by atoms with E-state index in [1.807, 2.05) is 0 Å². The van der Waals surface area contributed by atoms with Crippen molar-refractivity contribution in [3.8, 4) is 0 Å². The molecule has 1 aliphatic heterocycles. The van der Waals surface area contributed by atoms with Crippen molar-refractivity contribution >= 4 is 0 Å². The number of rotatable bonds is 6. The summed E-state index contributed by atoms with van der Waals surface area (Å²) in [7, 11) is 1.76. The van der Waals surface area contributed by atoms with Crippen molar-refractivity contribution in [2.24, 2.45) is 5.92 Å². The molecule has 1 aliphatic rings. The molecule has 1 fully saturated rings. The van der Waals surface area contributed by atoms with E-state index in [1.54, 1.807) is 7.11 Å². The molecule has 0 spiro atoms. The zero-order chi connectivity index (χ0) is 14.1. The SMILES string of the molecule is CCCC=CC=CC=C(C)[C@H]1[CH][C@@H](OC)[C@@H](C)CO1. The highest BCUT2D eigenvalue weighted by atomic mass is 16.5. The Balaban J connectivity index is 2.46. The second-order valence-electron chi connectivity index (χ2n) is 5.14. The maximum absolute atomic E-state index is 5.82. The fraction of sp³-hybridized carbons (Fsp3) is 0.588. The van der Waals surface area contributed by atoms with Gasteiger partial charge in [0.15, 0.2) is 0 Å². The first-order chi connectivity index (χ1) is 9.19. The van der Waals surface area contributed by atoms with Crippen molar-refractivity contribution in [3.05, 3.63) is 42.4 Å². The molecule has 0 saturated carbocycles. The molecule has 0 unspecified atom stereocenters. The maximum Gasteiger partial charge on any atom is 0.0843 e. The molecular formula is C17H27O2. The van der Waals surface area contributed by atoms with Crippen molar-refractivity contribution in [1.29, 1.82) is 0 Å². The number of allylic oxidation sites excluding steroid dienone is 5. The van der Waals surface area contributed by atoms with Gasteiger partial charge >= 0.3 is 0 Å². The third kappa shape index (κ3) is 5.75. The van der Waals surface area contributed by atoms with Gasteiger partial charge in [0, 0.05) is 19.4 Å². The number of methoxy groups -OCH3 is 1. The predicted octanol–water partition coefficient (Wildman–Crippen LogP) is 4.10. The van der Waals surface area contributed by atoms with Gasteiger partial charge in [-0.3, -0.25) is 0 Å². The van der Waals surface area contributed by atoms with Gasteiger partial charge in [0.2, 0.25) is 0 Å². The first-order valence-electron chi connectivity index (χ1n) is 7.18. The third-order valence-corrected chi connectivity index (χ3v) is 3.36. The monoisotopic (exact) mass is 263 g/mol. The van der Waals surface area contributed by atoms with E-state index in [9.17, 15) is 0 Å². The van der Waals surface area contributed by atoms with Gasteiger partial charge in [-0.25, -0.2) is 0 Å². The summed E-state index contributed by atoms with van der Waals surface area (Å²) in [5.41, 5.74) is 1.22. The smallest absolute Gasteiger partial charge is 0.0843 e. The van der Waals surface area contributed by atoms with Gasteiger partial charge < -0.3 is 9.47 Å². The fourth-order valence-corrected chi connectivity index (χ4v) is 2.07. The van der Waals surface area contributed by atoms with E-state index < -0.39 is 0 Å². The molecule has 19 heavy (non-hydrogen) atoms. The second kappa shape index (κ2) is 9.11. The van der Waals surface area contributed by atoms with Gasteiger partial charge in [0.1, 0.15) is 0 Å². The van der Waals surface area contributed by atoms with Crippen LogP contribution in [0.2, 0.25) is 0 Å². The van der Waals surface area contributed by atoms with E-state index >= 15 is 0 Å². The highest BCUT2D eigenvalue weighted by molar-refractivity contribution is 5.21. The summed E-state index contributed by atoms with van der Waals surface area (Å²) < 4.78 is 11.3. The molecule has 2 nitrogen and oxygen atoms in total. The Hall–Kier alpha value is -0.860. The van der Waals surface area contributed by atoms with Gasteiger partial charge in [-0.1, -0.05) is 50.6 Å². The number of hydrogen-bond acceptors (Lipinski definition) is 2. The van der Waals surface area contributed by atoms with Crippen LogP contribution in [0.15, 0.2) is 36.0 Å². The molecule has 2 heteroatoms. The predicted molar refractivity (Wildman–Crippen MR) is 80.9 cm³/mol. The standard InChI is InChI=1S/C17H27O2/c1-5-6-7-8-9-10-11-14(2)17-12-16(18-4)15(3)13-19-17/h7-12,15-17H,5-6,13H2,1-4H3/t15-,16+,17+/m0/s1. The van der Waals surface area contributed by atoms with Gasteiger partial charge in [-0.2, -0.15) is 0 Å². The molecule has 0 bridgehead atoms. The molecule has 0 N–H and O–H groups in total. The van der Waals surface area contributed by atoms with Crippen molar-refractivity contribution in [2.75, 3.05) is 13.7 Å². The Kier molecular flexibility index (Phi) is 7.76. The van der Waals surface area contributed by atoms with Crippen molar-refractivity contribution in [1.82, 2.24) is 0 Å². The molecule has 0 aromatic heterocycles. The largest absolute Gasteiger partial charge is 0.381 e. The molecule has 1 saturated heterocycles. The van der Waals surface area contributed by atoms with Crippen molar-refractivity contribution in [2.45, 2.75) is 45.8 Å². The summed E-state index contributed by atoms with van der Waals surface area (Å²) >= 11 is 0. The van der Waals surface area contributed by atoms with E-state index in [-0.39, 0.29) is 12.2 Å². The topological polar surface area (TPSA) is 18.5 Å². The molecule has 1 rings (SSSR count). The Morgan fingerprint density at radius 3 is 2.84 bits per heavy atom. The van der Waals surface area contributed by atoms with Crippen molar-refractivity contribution < 1.29 is 9.47 Å². The summed E-state index contributed by atoms with van der Waals surface area (Å²) in [5, 5.41) is 0. The quantitative estimate of drug-likeness (QED) is 0.672. The van der Waals surface area contributed by atoms with Gasteiger partial charge in [0.25, 0.3) is 0 Å². The summed E-state index contributed by atoms with van der Waals surface area (Å²) in [5.74, 6) is 0.432. The number of hydrogen-bond donors (Lipinski definition) is 0. The fourth-order valence-electron chi connectivity index (χ4n) is 2.07. The highest BCUT2D eigenvalue weighted by Gasteiger charge is 2.29. The molecule has 0 aliphatic carbocycles. The van der Waals surface area contributed by atoms with Crippen LogP contribution in [0, 0.1) is 12.3 Å². The van der Waals surface area contributed by atoms with Crippen LogP contribution in [0.1, 0.15) is 33.6 Å². The number of unbranched alkanes of at least 4 members (excludes halogenated alkanes) is 1. The van der Waals surface area contributed by atoms with Gasteiger partial charge in [-0.05, 0) is 18.9 Å². The van der Waals surface area contributed by atoms with E-state index in [0.717, 1.165) is 13.0 Å². The Morgan fingerprint density at radius 1 is 1.37 bits per heavy atom. The Labute approximate surface area is 118 Å². The molecule has 0 aromatic rings. The van der Waals surface area contributed by atoms with Crippen LogP contribution in [0.25, 0.3) is 0 Å². The molecule has 1 heterocycles. The van der Waals surface area contributed by atoms with Crippen LogP contribution >= 0.6 is 0 Å². The summed E-state index contributed by atoms with van der Waals surface area (Å²) in [6.45, 7) is 7.19. The average Bonchev–Trinajstić information content (AvgIpc) is 2.43. The molecule has 107 valence electrons. The van der Waals surface area contributed by atoms with E-state index in [2.05, 4.69) is 57.6 Å². The van der Waals surface area contributed by atoms with E-state index in [0.29, 0.717) is 5.92 Å². The highest BCUT2D eigenvalue weighted by Crippen LogP contribution is 2.24. The molecule has 0 aromatic carbocycles. The molecule has 0 amide bonds.